The fourth-order valence-electron chi connectivity index (χ4n) is 1.76. The first-order valence-electron chi connectivity index (χ1n) is 5.67. The van der Waals surface area contributed by atoms with E-state index in [0.29, 0.717) is 11.8 Å². The van der Waals surface area contributed by atoms with E-state index in [1.54, 1.807) is 6.92 Å². The minimum atomic E-state index is -2.81. The van der Waals surface area contributed by atoms with Gasteiger partial charge in [-0.3, -0.25) is 4.90 Å². The smallest absolute Gasteiger partial charge is 0.150 e. The van der Waals surface area contributed by atoms with Crippen LogP contribution < -0.4 is 0 Å². The molecule has 0 bridgehead atoms. The fourth-order valence-corrected chi connectivity index (χ4v) is 3.21. The number of hydrogen-bond acceptors (Lipinski definition) is 4. The molecule has 6 heteroatoms. The summed E-state index contributed by atoms with van der Waals surface area (Å²) in [4.78, 5) is 2.31. The van der Waals surface area contributed by atoms with E-state index in [1.165, 1.54) is 0 Å². The first-order valence-corrected chi connectivity index (χ1v) is 8.61. The van der Waals surface area contributed by atoms with Gasteiger partial charge in [-0.1, -0.05) is 22.9 Å². The van der Waals surface area contributed by atoms with E-state index in [1.807, 2.05) is 0 Å². The van der Waals surface area contributed by atoms with Crippen LogP contribution in [0.5, 0.6) is 0 Å². The Hall–Kier alpha value is 0.350. The zero-order valence-corrected chi connectivity index (χ0v) is 12.1. The topological polar surface area (TPSA) is 46.6 Å². The van der Waals surface area contributed by atoms with Crippen molar-refractivity contribution in [2.45, 2.75) is 19.4 Å². The van der Waals surface area contributed by atoms with Crippen molar-refractivity contribution in [3.05, 3.63) is 0 Å². The number of ether oxygens (including phenoxy) is 1. The van der Waals surface area contributed by atoms with Crippen LogP contribution in [0.3, 0.4) is 0 Å². The van der Waals surface area contributed by atoms with Crippen LogP contribution in [-0.2, 0) is 14.6 Å². The summed E-state index contributed by atoms with van der Waals surface area (Å²) in [5, 5.41) is 0.882. The number of hydrogen-bond donors (Lipinski definition) is 0. The highest BCUT2D eigenvalue weighted by atomic mass is 79.9. The molecule has 16 heavy (non-hydrogen) atoms. The van der Waals surface area contributed by atoms with Crippen molar-refractivity contribution in [3.8, 4) is 0 Å². The molecular formula is C10H20BrNO3S. The molecule has 1 aliphatic heterocycles. The molecule has 0 N–H and O–H groups in total. The Morgan fingerprint density at radius 1 is 1.50 bits per heavy atom. The molecule has 4 nitrogen and oxygen atoms in total. The van der Waals surface area contributed by atoms with Gasteiger partial charge in [-0.15, -0.1) is 0 Å². The molecule has 1 heterocycles. The summed E-state index contributed by atoms with van der Waals surface area (Å²) >= 11 is 3.46. The molecule has 96 valence electrons. The highest BCUT2D eigenvalue weighted by Gasteiger charge is 2.21. The Kier molecular flexibility index (Phi) is 6.25. The van der Waals surface area contributed by atoms with Gasteiger partial charge in [-0.2, -0.15) is 0 Å². The average molecular weight is 314 g/mol. The standard InChI is InChI=1S/C10H20BrNO3S/c1-2-16(13,14)7-3-4-12-5-6-15-9-10(12)8-11/h10H,2-9H2,1H3. The Morgan fingerprint density at radius 2 is 2.25 bits per heavy atom. The average Bonchev–Trinajstić information content (AvgIpc) is 2.29. The maximum Gasteiger partial charge on any atom is 0.150 e. The number of sulfone groups is 1. The van der Waals surface area contributed by atoms with Crippen LogP contribution in [0.1, 0.15) is 13.3 Å². The van der Waals surface area contributed by atoms with Crippen molar-refractivity contribution in [2.75, 3.05) is 43.1 Å². The van der Waals surface area contributed by atoms with Crippen molar-refractivity contribution >= 4 is 25.8 Å². The van der Waals surface area contributed by atoms with Gasteiger partial charge in [0, 0.05) is 23.7 Å². The first kappa shape index (κ1) is 14.4. The predicted molar refractivity (Wildman–Crippen MR) is 68.9 cm³/mol. The highest BCUT2D eigenvalue weighted by molar-refractivity contribution is 9.09. The summed E-state index contributed by atoms with van der Waals surface area (Å²) in [6.45, 7) is 4.95. The SMILES string of the molecule is CCS(=O)(=O)CCCN1CCOCC1CBr. The van der Waals surface area contributed by atoms with Gasteiger partial charge < -0.3 is 4.74 Å². The molecule has 0 aromatic heterocycles. The summed E-state index contributed by atoms with van der Waals surface area (Å²) in [7, 11) is -2.81. The maximum atomic E-state index is 11.3. The van der Waals surface area contributed by atoms with E-state index < -0.39 is 9.84 Å². The largest absolute Gasteiger partial charge is 0.378 e. The minimum absolute atomic E-state index is 0.248. The third-order valence-corrected chi connectivity index (χ3v) is 5.41. The molecule has 0 amide bonds. The van der Waals surface area contributed by atoms with E-state index >= 15 is 0 Å². The third-order valence-electron chi connectivity index (χ3n) is 2.87. The molecule has 1 atom stereocenters. The lowest BCUT2D eigenvalue weighted by molar-refractivity contribution is 0.00222. The predicted octanol–water partition coefficient (Wildman–Crippen LogP) is 0.907. The second kappa shape index (κ2) is 6.93. The van der Waals surface area contributed by atoms with Gasteiger partial charge in [-0.05, 0) is 13.0 Å². The molecule has 1 unspecified atom stereocenters. The van der Waals surface area contributed by atoms with Gasteiger partial charge in [0.25, 0.3) is 0 Å². The summed E-state index contributed by atoms with van der Waals surface area (Å²) in [6.07, 6.45) is 0.722. The molecule has 1 fully saturated rings. The van der Waals surface area contributed by atoms with Crippen LogP contribution in [0.15, 0.2) is 0 Å². The third kappa shape index (κ3) is 4.69. The summed E-state index contributed by atoms with van der Waals surface area (Å²) in [6, 6.07) is 0.387. The van der Waals surface area contributed by atoms with Crippen LogP contribution in [0, 0.1) is 0 Å². The molecule has 0 radical (unpaired) electrons. The Bertz CT molecular complexity index is 294. The van der Waals surface area contributed by atoms with Gasteiger partial charge in [-0.25, -0.2) is 8.42 Å². The zero-order valence-electron chi connectivity index (χ0n) is 9.69. The number of halogens is 1. The second-order valence-corrected chi connectivity index (χ2v) is 7.13. The Labute approximate surface area is 106 Å². The molecule has 0 spiro atoms. The normalized spacial score (nSPS) is 23.5. The van der Waals surface area contributed by atoms with Crippen molar-refractivity contribution in [3.63, 3.8) is 0 Å². The van der Waals surface area contributed by atoms with E-state index in [-0.39, 0.29) is 5.75 Å². The molecular weight excluding hydrogens is 294 g/mol. The quantitative estimate of drug-likeness (QED) is 0.684. The van der Waals surface area contributed by atoms with Gasteiger partial charge in [0.2, 0.25) is 0 Å². The number of nitrogens with zero attached hydrogens (tertiary/aromatic N) is 1. The maximum absolute atomic E-state index is 11.3. The number of alkyl halides is 1. The number of rotatable bonds is 6. The molecule has 0 saturated carbocycles. The molecule has 0 aliphatic carbocycles. The van der Waals surface area contributed by atoms with E-state index in [4.69, 9.17) is 4.74 Å². The second-order valence-electron chi connectivity index (χ2n) is 4.01. The zero-order chi connectivity index (χ0) is 12.0. The lowest BCUT2D eigenvalue weighted by Crippen LogP contribution is -2.47. The van der Waals surface area contributed by atoms with Gasteiger partial charge >= 0.3 is 0 Å². The highest BCUT2D eigenvalue weighted by Crippen LogP contribution is 2.10. The summed E-state index contributed by atoms with van der Waals surface area (Å²) in [5.41, 5.74) is 0. The van der Waals surface area contributed by atoms with Gasteiger partial charge in [0.1, 0.15) is 9.84 Å². The number of morpholine rings is 1. The monoisotopic (exact) mass is 313 g/mol. The van der Waals surface area contributed by atoms with E-state index in [9.17, 15) is 8.42 Å². The first-order chi connectivity index (χ1) is 7.59. The van der Waals surface area contributed by atoms with E-state index in [0.717, 1.165) is 38.1 Å². The van der Waals surface area contributed by atoms with Crippen LogP contribution in [0.25, 0.3) is 0 Å². The lowest BCUT2D eigenvalue weighted by Gasteiger charge is -2.34. The molecule has 1 saturated heterocycles. The van der Waals surface area contributed by atoms with Gasteiger partial charge in [0.15, 0.2) is 0 Å². The minimum Gasteiger partial charge on any atom is -0.378 e. The van der Waals surface area contributed by atoms with Crippen molar-refractivity contribution in [1.29, 1.82) is 0 Å². The van der Waals surface area contributed by atoms with Crippen molar-refractivity contribution in [1.82, 2.24) is 4.90 Å². The summed E-state index contributed by atoms with van der Waals surface area (Å²) < 4.78 is 28.1. The molecule has 1 rings (SSSR count). The van der Waals surface area contributed by atoms with Crippen LogP contribution in [-0.4, -0.2) is 62.5 Å². The molecule has 0 aromatic rings. The Balaban J connectivity index is 2.30. The van der Waals surface area contributed by atoms with Crippen LogP contribution in [0.4, 0.5) is 0 Å². The van der Waals surface area contributed by atoms with Crippen molar-refractivity contribution < 1.29 is 13.2 Å². The molecule has 0 aromatic carbocycles. The van der Waals surface area contributed by atoms with E-state index in [2.05, 4.69) is 20.8 Å². The molecule has 1 aliphatic rings. The fraction of sp³-hybridized carbons (Fsp3) is 1.00. The lowest BCUT2D eigenvalue weighted by atomic mass is 10.2. The summed E-state index contributed by atoms with van der Waals surface area (Å²) in [5.74, 6) is 0.549. The van der Waals surface area contributed by atoms with Crippen molar-refractivity contribution in [2.24, 2.45) is 0 Å². The van der Waals surface area contributed by atoms with Crippen LogP contribution in [0.2, 0.25) is 0 Å². The Morgan fingerprint density at radius 3 is 2.88 bits per heavy atom. The van der Waals surface area contributed by atoms with Crippen LogP contribution >= 0.6 is 15.9 Å². The van der Waals surface area contributed by atoms with Gasteiger partial charge in [0.05, 0.1) is 19.0 Å².